The van der Waals surface area contributed by atoms with Crippen LogP contribution in [0.5, 0.6) is 0 Å². The third-order valence-corrected chi connectivity index (χ3v) is 3.60. The van der Waals surface area contributed by atoms with Crippen LogP contribution < -0.4 is 5.32 Å². The van der Waals surface area contributed by atoms with Gasteiger partial charge in [-0.1, -0.05) is 30.3 Å². The Bertz CT molecular complexity index is 609. The van der Waals surface area contributed by atoms with Crippen LogP contribution in [0.1, 0.15) is 30.0 Å². The molecule has 6 heteroatoms. The van der Waals surface area contributed by atoms with Crippen molar-refractivity contribution in [2.45, 2.75) is 18.8 Å². The van der Waals surface area contributed by atoms with Crippen molar-refractivity contribution in [2.75, 3.05) is 0 Å². The molecule has 0 spiro atoms. The first-order valence-corrected chi connectivity index (χ1v) is 6.50. The Morgan fingerprint density at radius 1 is 1.20 bits per heavy atom. The second-order valence-electron chi connectivity index (χ2n) is 4.84. The normalized spacial score (nSPS) is 20.5. The highest BCUT2D eigenvalue weighted by molar-refractivity contribution is 5.99. The van der Waals surface area contributed by atoms with Gasteiger partial charge in [-0.15, -0.1) is 0 Å². The minimum atomic E-state index is -0.305. The van der Waals surface area contributed by atoms with Crippen molar-refractivity contribution in [3.63, 3.8) is 0 Å². The fourth-order valence-electron chi connectivity index (χ4n) is 2.66. The second-order valence-corrected chi connectivity index (χ2v) is 4.84. The van der Waals surface area contributed by atoms with Gasteiger partial charge in [0.05, 0.1) is 17.8 Å². The predicted molar refractivity (Wildman–Crippen MR) is 70.5 cm³/mol. The maximum atomic E-state index is 12.1. The van der Waals surface area contributed by atoms with Gasteiger partial charge in [0.15, 0.2) is 0 Å². The van der Waals surface area contributed by atoms with Gasteiger partial charge in [0.25, 0.3) is 0 Å². The molecule has 0 bridgehead atoms. The summed E-state index contributed by atoms with van der Waals surface area (Å²) < 4.78 is 0. The molecule has 2 aromatic rings. The Morgan fingerprint density at radius 3 is 2.65 bits per heavy atom. The highest BCUT2D eigenvalue weighted by Gasteiger charge is 2.36. The molecule has 1 saturated heterocycles. The Morgan fingerprint density at radius 2 is 2.00 bits per heavy atom. The second kappa shape index (κ2) is 5.24. The number of H-pyrrole nitrogens is 1. The quantitative estimate of drug-likeness (QED) is 0.814. The zero-order valence-corrected chi connectivity index (χ0v) is 10.7. The van der Waals surface area contributed by atoms with Crippen LogP contribution in [0.2, 0.25) is 0 Å². The summed E-state index contributed by atoms with van der Waals surface area (Å²) in [5.74, 6) is -0.945. The van der Waals surface area contributed by atoms with E-state index in [2.05, 4.69) is 20.7 Å². The third kappa shape index (κ3) is 2.32. The zero-order valence-electron chi connectivity index (χ0n) is 10.7. The molecule has 2 heterocycles. The molecule has 1 aliphatic rings. The number of benzene rings is 1. The van der Waals surface area contributed by atoms with Gasteiger partial charge in [-0.3, -0.25) is 14.9 Å². The maximum absolute atomic E-state index is 12.1. The van der Waals surface area contributed by atoms with Crippen molar-refractivity contribution in [2.24, 2.45) is 5.92 Å². The smallest absolute Gasteiger partial charge is 0.230 e. The first-order chi connectivity index (χ1) is 9.75. The van der Waals surface area contributed by atoms with E-state index in [1.807, 2.05) is 30.3 Å². The summed E-state index contributed by atoms with van der Waals surface area (Å²) in [5, 5.41) is 12.9. The number of rotatable bonds is 3. The lowest BCUT2D eigenvalue weighted by molar-refractivity contribution is -0.136. The van der Waals surface area contributed by atoms with Crippen molar-refractivity contribution in [3.8, 4) is 0 Å². The summed E-state index contributed by atoms with van der Waals surface area (Å²) in [6, 6.07) is 9.70. The lowest BCUT2D eigenvalue weighted by Gasteiger charge is -2.27. The van der Waals surface area contributed by atoms with Crippen molar-refractivity contribution >= 4 is 11.8 Å². The molecule has 0 saturated carbocycles. The molecule has 3 rings (SSSR count). The van der Waals surface area contributed by atoms with E-state index in [4.69, 9.17) is 0 Å². The standard InChI is InChI=1S/C14H14N4O2/c19-12-7-6-10(14(20)16-12)13(11-8-15-18-17-11)9-4-2-1-3-5-9/h1-5,8,10,13H,6-7H2,(H,15,17,18)(H,16,19,20). The van der Waals surface area contributed by atoms with Crippen LogP contribution >= 0.6 is 0 Å². The van der Waals surface area contributed by atoms with Crippen LogP contribution in [0.15, 0.2) is 36.5 Å². The Labute approximate surface area is 115 Å². The summed E-state index contributed by atoms with van der Waals surface area (Å²) in [4.78, 5) is 23.4. The van der Waals surface area contributed by atoms with E-state index in [1.165, 1.54) is 0 Å². The van der Waals surface area contributed by atoms with E-state index in [1.54, 1.807) is 6.20 Å². The molecule has 0 radical (unpaired) electrons. The minimum absolute atomic E-state index is 0.192. The molecule has 1 fully saturated rings. The van der Waals surface area contributed by atoms with Crippen molar-refractivity contribution in [3.05, 3.63) is 47.8 Å². The van der Waals surface area contributed by atoms with E-state index in [0.717, 1.165) is 5.56 Å². The molecular weight excluding hydrogens is 256 g/mol. The Balaban J connectivity index is 1.98. The molecule has 6 nitrogen and oxygen atoms in total. The molecule has 2 amide bonds. The van der Waals surface area contributed by atoms with Crippen LogP contribution in [0.3, 0.4) is 0 Å². The fraction of sp³-hybridized carbons (Fsp3) is 0.286. The average Bonchev–Trinajstić information content (AvgIpc) is 2.97. The minimum Gasteiger partial charge on any atom is -0.296 e. The van der Waals surface area contributed by atoms with Gasteiger partial charge in [-0.25, -0.2) is 0 Å². The topological polar surface area (TPSA) is 87.7 Å². The first kappa shape index (κ1) is 12.5. The number of amides is 2. The number of carbonyl (C=O) groups excluding carboxylic acids is 2. The van der Waals surface area contributed by atoms with Crippen molar-refractivity contribution < 1.29 is 9.59 Å². The number of nitrogens with zero attached hydrogens (tertiary/aromatic N) is 2. The number of hydrogen-bond donors (Lipinski definition) is 2. The number of hydrogen-bond acceptors (Lipinski definition) is 4. The summed E-state index contributed by atoms with van der Waals surface area (Å²) in [6.07, 6.45) is 2.51. The number of aromatic amines is 1. The van der Waals surface area contributed by atoms with Crippen LogP contribution in [0.4, 0.5) is 0 Å². The predicted octanol–water partition coefficient (Wildman–Crippen LogP) is 0.989. The van der Waals surface area contributed by atoms with Gasteiger partial charge >= 0.3 is 0 Å². The first-order valence-electron chi connectivity index (χ1n) is 6.50. The molecule has 1 aliphatic heterocycles. The molecule has 1 aromatic heterocycles. The SMILES string of the molecule is O=C1CCC(C(c2ccccc2)c2cn[nH]n2)C(=O)N1. The molecule has 20 heavy (non-hydrogen) atoms. The van der Waals surface area contributed by atoms with Crippen LogP contribution in [0, 0.1) is 5.92 Å². The van der Waals surface area contributed by atoms with Crippen LogP contribution in [-0.2, 0) is 9.59 Å². The highest BCUT2D eigenvalue weighted by Crippen LogP contribution is 2.34. The van der Waals surface area contributed by atoms with E-state index >= 15 is 0 Å². The van der Waals surface area contributed by atoms with Crippen molar-refractivity contribution in [1.82, 2.24) is 20.7 Å². The van der Waals surface area contributed by atoms with Gasteiger partial charge in [0, 0.05) is 12.3 Å². The number of carbonyl (C=O) groups is 2. The fourth-order valence-corrected chi connectivity index (χ4v) is 2.66. The van der Waals surface area contributed by atoms with E-state index in [0.29, 0.717) is 18.5 Å². The molecular formula is C14H14N4O2. The highest BCUT2D eigenvalue weighted by atomic mass is 16.2. The van der Waals surface area contributed by atoms with E-state index < -0.39 is 0 Å². The number of nitrogens with one attached hydrogen (secondary N) is 2. The van der Waals surface area contributed by atoms with Gasteiger partial charge in [-0.05, 0) is 12.0 Å². The molecule has 0 aliphatic carbocycles. The maximum Gasteiger partial charge on any atom is 0.230 e. The van der Waals surface area contributed by atoms with Crippen LogP contribution in [-0.4, -0.2) is 27.2 Å². The van der Waals surface area contributed by atoms with Gasteiger partial charge in [0.1, 0.15) is 0 Å². The van der Waals surface area contributed by atoms with E-state index in [9.17, 15) is 9.59 Å². The summed E-state index contributed by atoms with van der Waals surface area (Å²) >= 11 is 0. The van der Waals surface area contributed by atoms with Crippen molar-refractivity contribution in [1.29, 1.82) is 0 Å². The lowest BCUT2D eigenvalue weighted by Crippen LogP contribution is -2.43. The van der Waals surface area contributed by atoms with Gasteiger partial charge in [0.2, 0.25) is 11.8 Å². The lowest BCUT2D eigenvalue weighted by atomic mass is 9.79. The van der Waals surface area contributed by atoms with Gasteiger partial charge in [-0.2, -0.15) is 15.4 Å². The number of piperidine rings is 1. The zero-order chi connectivity index (χ0) is 13.9. The summed E-state index contributed by atoms with van der Waals surface area (Å²) in [6.45, 7) is 0. The monoisotopic (exact) mass is 270 g/mol. The van der Waals surface area contributed by atoms with Gasteiger partial charge < -0.3 is 0 Å². The largest absolute Gasteiger partial charge is 0.296 e. The molecule has 2 unspecified atom stereocenters. The number of aromatic nitrogens is 3. The van der Waals surface area contributed by atoms with E-state index in [-0.39, 0.29) is 23.7 Å². The Kier molecular flexibility index (Phi) is 3.28. The van der Waals surface area contributed by atoms with Crippen LogP contribution in [0.25, 0.3) is 0 Å². The molecule has 2 N–H and O–H groups in total. The summed E-state index contributed by atoms with van der Waals surface area (Å²) in [5.41, 5.74) is 1.71. The summed E-state index contributed by atoms with van der Waals surface area (Å²) in [7, 11) is 0. The molecule has 2 atom stereocenters. The average molecular weight is 270 g/mol. The molecule has 1 aromatic carbocycles. The Hall–Kier alpha value is -2.50. The third-order valence-electron chi connectivity index (χ3n) is 3.60. The number of imide groups is 1. The molecule has 102 valence electrons.